The Hall–Kier alpha value is -2.15. The van der Waals surface area contributed by atoms with Crippen molar-refractivity contribution in [1.82, 2.24) is 20.2 Å². The summed E-state index contributed by atoms with van der Waals surface area (Å²) in [5, 5.41) is 11.2. The molecule has 2 heterocycles. The topological polar surface area (TPSA) is 88.1 Å². The van der Waals surface area contributed by atoms with Gasteiger partial charge in [-0.05, 0) is 22.6 Å². The molecule has 16 heavy (non-hydrogen) atoms. The highest BCUT2D eigenvalue weighted by Gasteiger charge is 2.15. The molecule has 0 atom stereocenters. The molecule has 82 valence electrons. The third-order valence-corrected chi connectivity index (χ3v) is 2.32. The molecule has 0 aliphatic carbocycles. The first-order valence-corrected chi connectivity index (χ1v) is 4.76. The fourth-order valence-electron chi connectivity index (χ4n) is 1.55. The minimum atomic E-state index is 0.248. The molecule has 7 heteroatoms. The summed E-state index contributed by atoms with van der Waals surface area (Å²) in [6.07, 6.45) is 0. The molecule has 2 aromatic rings. The number of nitrogens with zero attached hydrogens (tertiary/aromatic N) is 4. The maximum atomic E-state index is 5.53. The molecule has 1 aliphatic rings. The average Bonchev–Trinajstić information content (AvgIpc) is 2.96. The molecule has 0 saturated carbocycles. The number of hydrogen-bond acceptors (Lipinski definition) is 6. The van der Waals surface area contributed by atoms with Gasteiger partial charge in [-0.3, -0.25) is 0 Å². The summed E-state index contributed by atoms with van der Waals surface area (Å²) >= 11 is 0. The number of hydrogen-bond donors (Lipinski definition) is 1. The normalized spacial score (nSPS) is 13.1. The Morgan fingerprint density at radius 1 is 1.31 bits per heavy atom. The van der Waals surface area contributed by atoms with Crippen LogP contribution in [-0.2, 0) is 6.54 Å². The Morgan fingerprint density at radius 2 is 2.19 bits per heavy atom. The number of tetrazole rings is 1. The van der Waals surface area contributed by atoms with Gasteiger partial charge in [0.2, 0.25) is 6.79 Å². The molecule has 1 aromatic heterocycles. The number of rotatable bonds is 2. The quantitative estimate of drug-likeness (QED) is 0.755. The van der Waals surface area contributed by atoms with Crippen molar-refractivity contribution < 1.29 is 9.47 Å². The summed E-state index contributed by atoms with van der Waals surface area (Å²) < 4.78 is 12.1. The lowest BCUT2D eigenvalue weighted by Gasteiger charge is -2.03. The Labute approximate surface area is 90.8 Å². The molecule has 2 N–H and O–H groups in total. The first-order chi connectivity index (χ1) is 7.88. The van der Waals surface area contributed by atoms with Crippen molar-refractivity contribution in [2.45, 2.75) is 6.54 Å². The number of benzene rings is 1. The molecule has 7 nitrogen and oxygen atoms in total. The highest BCUT2D eigenvalue weighted by molar-refractivity contribution is 5.49. The van der Waals surface area contributed by atoms with Crippen LogP contribution >= 0.6 is 0 Å². The second-order valence-electron chi connectivity index (χ2n) is 3.25. The number of fused-ring (bicyclic) bond motifs is 1. The molecule has 1 aliphatic heterocycles. The molecular formula is C9H9N5O2. The second kappa shape index (κ2) is 3.46. The van der Waals surface area contributed by atoms with Crippen LogP contribution in [0.25, 0.3) is 5.69 Å². The standard InChI is InChI=1S/C9H9N5O2/c10-4-9-11-12-13-14(9)6-1-2-7-8(3-6)16-5-15-7/h1-3H,4-5,10H2. The third-order valence-electron chi connectivity index (χ3n) is 2.32. The van der Waals surface area contributed by atoms with Crippen LogP contribution < -0.4 is 15.2 Å². The zero-order chi connectivity index (χ0) is 11.0. The van der Waals surface area contributed by atoms with Gasteiger partial charge in [0.05, 0.1) is 12.2 Å². The Balaban J connectivity index is 2.07. The zero-order valence-electron chi connectivity index (χ0n) is 8.33. The van der Waals surface area contributed by atoms with Crippen LogP contribution in [-0.4, -0.2) is 27.0 Å². The van der Waals surface area contributed by atoms with Crippen molar-refractivity contribution in [1.29, 1.82) is 0 Å². The highest BCUT2D eigenvalue weighted by Crippen LogP contribution is 2.33. The van der Waals surface area contributed by atoms with Crippen molar-refractivity contribution in [3.05, 3.63) is 24.0 Å². The van der Waals surface area contributed by atoms with Crippen molar-refractivity contribution in [3.8, 4) is 17.2 Å². The maximum Gasteiger partial charge on any atom is 0.231 e. The van der Waals surface area contributed by atoms with Gasteiger partial charge in [-0.2, -0.15) is 4.68 Å². The monoisotopic (exact) mass is 219 g/mol. The van der Waals surface area contributed by atoms with Crippen LogP contribution in [0.1, 0.15) is 5.82 Å². The smallest absolute Gasteiger partial charge is 0.231 e. The van der Waals surface area contributed by atoms with E-state index in [-0.39, 0.29) is 13.3 Å². The van der Waals surface area contributed by atoms with E-state index in [2.05, 4.69) is 15.5 Å². The molecule has 1 aromatic carbocycles. The Bertz CT molecular complexity index is 524. The minimum absolute atomic E-state index is 0.248. The van der Waals surface area contributed by atoms with Gasteiger partial charge in [-0.1, -0.05) is 0 Å². The predicted octanol–water partition coefficient (Wildman–Crippen LogP) is -0.150. The van der Waals surface area contributed by atoms with Crippen LogP contribution in [0.5, 0.6) is 11.5 Å². The number of aromatic nitrogens is 4. The van der Waals surface area contributed by atoms with Crippen molar-refractivity contribution in [3.63, 3.8) is 0 Å². The van der Waals surface area contributed by atoms with Crippen LogP contribution in [0.3, 0.4) is 0 Å². The van der Waals surface area contributed by atoms with Gasteiger partial charge in [0.25, 0.3) is 0 Å². The first kappa shape index (κ1) is 9.10. The van der Waals surface area contributed by atoms with E-state index in [0.717, 1.165) is 11.4 Å². The molecule has 3 rings (SSSR count). The largest absolute Gasteiger partial charge is 0.454 e. The van der Waals surface area contributed by atoms with Gasteiger partial charge in [-0.25, -0.2) is 0 Å². The first-order valence-electron chi connectivity index (χ1n) is 4.76. The zero-order valence-corrected chi connectivity index (χ0v) is 8.33. The fraction of sp³-hybridized carbons (Fsp3) is 0.222. The van der Waals surface area contributed by atoms with Gasteiger partial charge in [0, 0.05) is 6.07 Å². The van der Waals surface area contributed by atoms with Crippen molar-refractivity contribution in [2.24, 2.45) is 5.73 Å². The Morgan fingerprint density at radius 3 is 3.06 bits per heavy atom. The number of nitrogens with two attached hydrogens (primary N) is 1. The van der Waals surface area contributed by atoms with Crippen LogP contribution in [0.15, 0.2) is 18.2 Å². The minimum Gasteiger partial charge on any atom is -0.454 e. The van der Waals surface area contributed by atoms with E-state index in [9.17, 15) is 0 Å². The highest BCUT2D eigenvalue weighted by atomic mass is 16.7. The maximum absolute atomic E-state index is 5.53. The van der Waals surface area contributed by atoms with Gasteiger partial charge in [0.15, 0.2) is 17.3 Å². The predicted molar refractivity (Wildman–Crippen MR) is 53.2 cm³/mol. The molecule has 0 bridgehead atoms. The molecule has 0 unspecified atom stereocenters. The van der Waals surface area contributed by atoms with E-state index in [0.29, 0.717) is 11.6 Å². The summed E-state index contributed by atoms with van der Waals surface area (Å²) in [5.74, 6) is 2.01. The van der Waals surface area contributed by atoms with Crippen LogP contribution in [0, 0.1) is 0 Å². The van der Waals surface area contributed by atoms with E-state index in [1.54, 1.807) is 4.68 Å². The lowest BCUT2D eigenvalue weighted by atomic mass is 10.3. The lowest BCUT2D eigenvalue weighted by molar-refractivity contribution is 0.174. The molecular weight excluding hydrogens is 210 g/mol. The molecule has 0 radical (unpaired) electrons. The molecule has 0 fully saturated rings. The van der Waals surface area contributed by atoms with E-state index in [4.69, 9.17) is 15.2 Å². The van der Waals surface area contributed by atoms with Crippen LogP contribution in [0.4, 0.5) is 0 Å². The van der Waals surface area contributed by atoms with Crippen molar-refractivity contribution in [2.75, 3.05) is 6.79 Å². The Kier molecular flexibility index (Phi) is 1.97. The third kappa shape index (κ3) is 1.29. The van der Waals surface area contributed by atoms with Crippen LogP contribution in [0.2, 0.25) is 0 Å². The molecule has 0 amide bonds. The van der Waals surface area contributed by atoms with Crippen molar-refractivity contribution >= 4 is 0 Å². The summed E-state index contributed by atoms with van der Waals surface area (Å²) in [6.45, 7) is 0.527. The van der Waals surface area contributed by atoms with E-state index in [1.165, 1.54) is 0 Å². The van der Waals surface area contributed by atoms with Gasteiger partial charge >= 0.3 is 0 Å². The summed E-state index contributed by atoms with van der Waals surface area (Å²) in [6, 6.07) is 5.49. The summed E-state index contributed by atoms with van der Waals surface area (Å²) in [7, 11) is 0. The van der Waals surface area contributed by atoms with E-state index < -0.39 is 0 Å². The summed E-state index contributed by atoms with van der Waals surface area (Å²) in [5.41, 5.74) is 6.33. The number of ether oxygens (including phenoxy) is 2. The SMILES string of the molecule is NCc1nnnn1-c1ccc2c(c1)OCO2. The van der Waals surface area contributed by atoms with E-state index >= 15 is 0 Å². The fourth-order valence-corrected chi connectivity index (χ4v) is 1.55. The summed E-state index contributed by atoms with van der Waals surface area (Å²) in [4.78, 5) is 0. The molecule has 0 spiro atoms. The lowest BCUT2D eigenvalue weighted by Crippen LogP contribution is -2.07. The van der Waals surface area contributed by atoms with Gasteiger partial charge in [-0.15, -0.1) is 5.10 Å². The second-order valence-corrected chi connectivity index (χ2v) is 3.25. The van der Waals surface area contributed by atoms with E-state index in [1.807, 2.05) is 18.2 Å². The molecule has 0 saturated heterocycles. The van der Waals surface area contributed by atoms with Gasteiger partial charge < -0.3 is 15.2 Å². The van der Waals surface area contributed by atoms with Gasteiger partial charge in [0.1, 0.15) is 0 Å². The average molecular weight is 219 g/mol.